The molecule has 6 nitrogen and oxygen atoms in total. The second-order valence-electron chi connectivity index (χ2n) is 4.03. The predicted molar refractivity (Wildman–Crippen MR) is 63.6 cm³/mol. The fraction of sp³-hybridized carbons (Fsp3) is 0.500. The summed E-state index contributed by atoms with van der Waals surface area (Å²) in [6.45, 7) is 0.750. The molecule has 2 aromatic heterocycles. The largest absolute Gasteiger partial charge is 0.383 e. The van der Waals surface area contributed by atoms with Crippen molar-refractivity contribution in [2.24, 2.45) is 0 Å². The number of rotatable bonds is 1. The van der Waals surface area contributed by atoms with E-state index in [9.17, 15) is 0 Å². The van der Waals surface area contributed by atoms with Gasteiger partial charge in [0.2, 0.25) is 5.28 Å². The summed E-state index contributed by atoms with van der Waals surface area (Å²) < 4.78 is 7.40. The second kappa shape index (κ2) is 4.12. The van der Waals surface area contributed by atoms with Crippen LogP contribution in [0.2, 0.25) is 5.28 Å². The molecular formula is C10H12ClN5O. The number of halogens is 1. The number of aromatic nitrogens is 4. The molecule has 0 spiro atoms. The van der Waals surface area contributed by atoms with Crippen LogP contribution in [0.25, 0.3) is 11.0 Å². The van der Waals surface area contributed by atoms with Gasteiger partial charge in [-0.15, -0.1) is 0 Å². The number of nitrogens with two attached hydrogens (primary N) is 1. The predicted octanol–water partition coefficient (Wildman–Crippen LogP) is 1.76. The number of ether oxygens (including phenoxy) is 1. The van der Waals surface area contributed by atoms with Gasteiger partial charge in [-0.3, -0.25) is 0 Å². The molecule has 1 unspecified atom stereocenters. The molecule has 1 atom stereocenters. The lowest BCUT2D eigenvalue weighted by molar-refractivity contribution is -0.0370. The van der Waals surface area contributed by atoms with E-state index < -0.39 is 0 Å². The SMILES string of the molecule is Nc1nc(Cl)nc2c1cnn2C1CCCCO1. The molecule has 0 radical (unpaired) electrons. The van der Waals surface area contributed by atoms with E-state index in [1.54, 1.807) is 10.9 Å². The van der Waals surface area contributed by atoms with E-state index in [0.29, 0.717) is 16.9 Å². The summed E-state index contributed by atoms with van der Waals surface area (Å²) in [4.78, 5) is 8.06. The highest BCUT2D eigenvalue weighted by molar-refractivity contribution is 6.28. The van der Waals surface area contributed by atoms with Crippen LogP contribution in [0, 0.1) is 0 Å². The van der Waals surface area contributed by atoms with Crippen molar-refractivity contribution < 1.29 is 4.74 Å². The number of anilines is 1. The molecule has 0 bridgehead atoms. The van der Waals surface area contributed by atoms with E-state index in [1.165, 1.54) is 0 Å². The third kappa shape index (κ3) is 1.83. The molecule has 0 saturated carbocycles. The van der Waals surface area contributed by atoms with E-state index >= 15 is 0 Å². The summed E-state index contributed by atoms with van der Waals surface area (Å²) in [6.07, 6.45) is 4.72. The number of hydrogen-bond acceptors (Lipinski definition) is 5. The van der Waals surface area contributed by atoms with Gasteiger partial charge >= 0.3 is 0 Å². The van der Waals surface area contributed by atoms with Crippen molar-refractivity contribution >= 4 is 28.5 Å². The summed E-state index contributed by atoms with van der Waals surface area (Å²) in [6, 6.07) is 0. The first-order valence-corrected chi connectivity index (χ1v) is 5.91. The standard InChI is InChI=1S/C10H12ClN5O/c11-10-14-8(12)6-5-13-16(9(6)15-10)7-3-1-2-4-17-7/h5,7H,1-4H2,(H2,12,14,15). The van der Waals surface area contributed by atoms with Crippen LogP contribution in [-0.2, 0) is 4.74 Å². The van der Waals surface area contributed by atoms with Crippen molar-refractivity contribution in [3.8, 4) is 0 Å². The van der Waals surface area contributed by atoms with Crippen molar-refractivity contribution in [1.29, 1.82) is 0 Å². The van der Waals surface area contributed by atoms with Crippen LogP contribution < -0.4 is 5.73 Å². The van der Waals surface area contributed by atoms with Gasteiger partial charge in [0.15, 0.2) is 11.9 Å². The van der Waals surface area contributed by atoms with Crippen LogP contribution >= 0.6 is 11.6 Å². The summed E-state index contributed by atoms with van der Waals surface area (Å²) in [5.41, 5.74) is 6.40. The zero-order valence-corrected chi connectivity index (χ0v) is 9.89. The maximum atomic E-state index is 5.81. The van der Waals surface area contributed by atoms with Gasteiger partial charge in [0, 0.05) is 6.61 Å². The molecule has 2 N–H and O–H groups in total. The van der Waals surface area contributed by atoms with Gasteiger partial charge < -0.3 is 10.5 Å². The normalized spacial score (nSPS) is 20.9. The molecule has 2 aromatic rings. The molecule has 1 saturated heterocycles. The highest BCUT2D eigenvalue weighted by Gasteiger charge is 2.20. The first kappa shape index (κ1) is 10.7. The molecule has 1 aliphatic heterocycles. The zero-order chi connectivity index (χ0) is 11.8. The Morgan fingerprint density at radius 2 is 2.29 bits per heavy atom. The highest BCUT2D eigenvalue weighted by atomic mass is 35.5. The van der Waals surface area contributed by atoms with Crippen LogP contribution in [0.15, 0.2) is 6.20 Å². The first-order valence-electron chi connectivity index (χ1n) is 5.53. The van der Waals surface area contributed by atoms with E-state index in [0.717, 1.165) is 25.9 Å². The molecule has 1 aliphatic rings. The molecule has 3 rings (SSSR count). The monoisotopic (exact) mass is 253 g/mol. The van der Waals surface area contributed by atoms with Crippen molar-refractivity contribution in [2.75, 3.05) is 12.3 Å². The Morgan fingerprint density at radius 1 is 1.41 bits per heavy atom. The maximum Gasteiger partial charge on any atom is 0.226 e. The van der Waals surface area contributed by atoms with Crippen molar-refractivity contribution in [3.63, 3.8) is 0 Å². The zero-order valence-electron chi connectivity index (χ0n) is 9.14. The van der Waals surface area contributed by atoms with Crippen LogP contribution in [0.3, 0.4) is 0 Å². The summed E-state index contributed by atoms with van der Waals surface area (Å²) in [7, 11) is 0. The highest BCUT2D eigenvalue weighted by Crippen LogP contribution is 2.27. The van der Waals surface area contributed by atoms with Gasteiger partial charge in [-0.1, -0.05) is 0 Å². The lowest BCUT2D eigenvalue weighted by Crippen LogP contribution is -2.19. The van der Waals surface area contributed by atoms with Crippen molar-refractivity contribution in [2.45, 2.75) is 25.5 Å². The lowest BCUT2D eigenvalue weighted by atomic mass is 10.2. The molecule has 0 amide bonds. The average molecular weight is 254 g/mol. The fourth-order valence-corrected chi connectivity index (χ4v) is 2.22. The van der Waals surface area contributed by atoms with Crippen molar-refractivity contribution in [3.05, 3.63) is 11.5 Å². The van der Waals surface area contributed by atoms with Gasteiger partial charge in [0.25, 0.3) is 0 Å². The van der Waals surface area contributed by atoms with Gasteiger partial charge in [-0.05, 0) is 30.9 Å². The maximum absolute atomic E-state index is 5.81. The number of nitrogen functional groups attached to an aromatic ring is 1. The Labute approximate surface area is 103 Å². The molecule has 0 aromatic carbocycles. The van der Waals surface area contributed by atoms with Gasteiger partial charge in [0.05, 0.1) is 11.6 Å². The Balaban J connectivity index is 2.10. The van der Waals surface area contributed by atoms with E-state index in [4.69, 9.17) is 22.1 Å². The van der Waals surface area contributed by atoms with Crippen LogP contribution in [0.1, 0.15) is 25.5 Å². The molecule has 1 fully saturated rings. The Bertz CT molecular complexity index is 549. The minimum Gasteiger partial charge on any atom is -0.383 e. The summed E-state index contributed by atoms with van der Waals surface area (Å²) in [5.74, 6) is 0.349. The average Bonchev–Trinajstić information content (AvgIpc) is 2.74. The first-order chi connectivity index (χ1) is 8.25. The topological polar surface area (TPSA) is 78.9 Å². The number of hydrogen-bond donors (Lipinski definition) is 1. The van der Waals surface area contributed by atoms with E-state index in [2.05, 4.69) is 15.1 Å². The minimum atomic E-state index is -0.0772. The van der Waals surface area contributed by atoms with E-state index in [1.807, 2.05) is 0 Å². The second-order valence-corrected chi connectivity index (χ2v) is 4.36. The van der Waals surface area contributed by atoms with Crippen molar-refractivity contribution in [1.82, 2.24) is 19.7 Å². The van der Waals surface area contributed by atoms with Crippen LogP contribution in [0.5, 0.6) is 0 Å². The molecule has 0 aliphatic carbocycles. The van der Waals surface area contributed by atoms with Crippen LogP contribution in [0.4, 0.5) is 5.82 Å². The lowest BCUT2D eigenvalue weighted by Gasteiger charge is -2.22. The Hall–Kier alpha value is -1.40. The van der Waals surface area contributed by atoms with E-state index in [-0.39, 0.29) is 11.5 Å². The van der Waals surface area contributed by atoms with Gasteiger partial charge in [-0.25, -0.2) is 9.67 Å². The summed E-state index contributed by atoms with van der Waals surface area (Å²) >= 11 is 5.81. The van der Waals surface area contributed by atoms with Gasteiger partial charge in [-0.2, -0.15) is 10.1 Å². The molecule has 90 valence electrons. The number of nitrogens with zero attached hydrogens (tertiary/aromatic N) is 4. The molecule has 7 heteroatoms. The number of fused-ring (bicyclic) bond motifs is 1. The van der Waals surface area contributed by atoms with Gasteiger partial charge in [0.1, 0.15) is 5.82 Å². The van der Waals surface area contributed by atoms with Crippen LogP contribution in [-0.4, -0.2) is 26.4 Å². The molecular weight excluding hydrogens is 242 g/mol. The molecule has 3 heterocycles. The quantitative estimate of drug-likeness (QED) is 0.784. The molecule has 17 heavy (non-hydrogen) atoms. The Morgan fingerprint density at radius 3 is 3.06 bits per heavy atom. The fourth-order valence-electron chi connectivity index (χ4n) is 2.05. The minimum absolute atomic E-state index is 0.0772. The third-order valence-corrected chi connectivity index (χ3v) is 3.05. The summed E-state index contributed by atoms with van der Waals surface area (Å²) in [5, 5.41) is 5.12. The smallest absolute Gasteiger partial charge is 0.226 e. The third-order valence-electron chi connectivity index (χ3n) is 2.88. The Kier molecular flexibility index (Phi) is 2.60.